The van der Waals surface area contributed by atoms with Gasteiger partial charge in [0.15, 0.2) is 0 Å². The summed E-state index contributed by atoms with van der Waals surface area (Å²) >= 11 is 12.1. The van der Waals surface area contributed by atoms with E-state index in [1.165, 1.54) is 24.8 Å². The van der Waals surface area contributed by atoms with Crippen LogP contribution < -0.4 is 5.32 Å². The van der Waals surface area contributed by atoms with E-state index in [1.54, 1.807) is 0 Å². The first-order valence-electron chi connectivity index (χ1n) is 6.70. The van der Waals surface area contributed by atoms with Crippen molar-refractivity contribution in [2.24, 2.45) is 5.92 Å². The summed E-state index contributed by atoms with van der Waals surface area (Å²) in [6, 6.07) is 6.09. The minimum absolute atomic E-state index is 0.281. The quantitative estimate of drug-likeness (QED) is 0.830. The van der Waals surface area contributed by atoms with Crippen molar-refractivity contribution in [3.05, 3.63) is 33.8 Å². The summed E-state index contributed by atoms with van der Waals surface area (Å²) in [7, 11) is 0. The number of halogens is 2. The molecule has 0 unspecified atom stereocenters. The molecular formula is C15H21Cl2N. The number of rotatable bonds is 5. The van der Waals surface area contributed by atoms with Gasteiger partial charge >= 0.3 is 0 Å². The monoisotopic (exact) mass is 285 g/mol. The van der Waals surface area contributed by atoms with Crippen molar-refractivity contribution in [2.45, 2.75) is 38.5 Å². The first-order chi connectivity index (χ1) is 8.53. The lowest BCUT2D eigenvalue weighted by atomic mass is 9.64. The molecule has 0 saturated heterocycles. The Hall–Kier alpha value is -0.240. The van der Waals surface area contributed by atoms with Gasteiger partial charge in [0.05, 0.1) is 10.0 Å². The third kappa shape index (κ3) is 3.01. The minimum Gasteiger partial charge on any atom is -0.316 e. The van der Waals surface area contributed by atoms with Crippen LogP contribution in [0.2, 0.25) is 10.0 Å². The first kappa shape index (κ1) is 14.2. The molecular weight excluding hydrogens is 265 g/mol. The molecule has 1 fully saturated rings. The molecule has 1 aliphatic rings. The summed E-state index contributed by atoms with van der Waals surface area (Å²) in [4.78, 5) is 0. The topological polar surface area (TPSA) is 12.0 Å². The third-order valence-corrected chi connectivity index (χ3v) is 4.60. The van der Waals surface area contributed by atoms with E-state index in [9.17, 15) is 0 Å². The second-order valence-electron chi connectivity index (χ2n) is 5.79. The molecule has 3 heteroatoms. The van der Waals surface area contributed by atoms with Gasteiger partial charge in [-0.25, -0.2) is 0 Å². The number of benzene rings is 1. The Morgan fingerprint density at radius 2 is 1.94 bits per heavy atom. The maximum atomic E-state index is 6.13. The van der Waals surface area contributed by atoms with Crippen molar-refractivity contribution in [1.82, 2.24) is 5.32 Å². The summed E-state index contributed by atoms with van der Waals surface area (Å²) in [6.45, 7) is 6.59. The van der Waals surface area contributed by atoms with Crippen LogP contribution in [0.25, 0.3) is 0 Å². The van der Waals surface area contributed by atoms with Gasteiger partial charge in [0.25, 0.3) is 0 Å². The molecule has 0 heterocycles. The Bertz CT molecular complexity index is 411. The molecule has 100 valence electrons. The maximum absolute atomic E-state index is 6.13. The van der Waals surface area contributed by atoms with Gasteiger partial charge in [-0.05, 0) is 43.0 Å². The number of hydrogen-bond acceptors (Lipinski definition) is 1. The third-order valence-electron chi connectivity index (χ3n) is 3.86. The summed E-state index contributed by atoms with van der Waals surface area (Å²) < 4.78 is 0. The Kier molecular flexibility index (Phi) is 4.58. The zero-order chi connectivity index (χ0) is 13.2. The van der Waals surface area contributed by atoms with E-state index in [0.29, 0.717) is 16.0 Å². The van der Waals surface area contributed by atoms with Gasteiger partial charge < -0.3 is 5.32 Å². The molecule has 0 bridgehead atoms. The van der Waals surface area contributed by atoms with Gasteiger partial charge in [-0.2, -0.15) is 0 Å². The van der Waals surface area contributed by atoms with Gasteiger partial charge in [-0.3, -0.25) is 0 Å². The summed E-state index contributed by atoms with van der Waals surface area (Å²) in [5.74, 6) is 0.691. The molecule has 0 radical (unpaired) electrons. The smallest absolute Gasteiger partial charge is 0.0595 e. The molecule has 1 nitrogen and oxygen atoms in total. The molecule has 18 heavy (non-hydrogen) atoms. The van der Waals surface area contributed by atoms with E-state index in [1.807, 2.05) is 12.1 Å². The maximum Gasteiger partial charge on any atom is 0.0595 e. The van der Waals surface area contributed by atoms with E-state index in [4.69, 9.17) is 23.2 Å². The molecule has 0 amide bonds. The van der Waals surface area contributed by atoms with Crippen LogP contribution in [0.4, 0.5) is 0 Å². The molecule has 1 saturated carbocycles. The van der Waals surface area contributed by atoms with Crippen LogP contribution in [0.15, 0.2) is 18.2 Å². The fourth-order valence-electron chi connectivity index (χ4n) is 2.60. The van der Waals surface area contributed by atoms with Crippen LogP contribution >= 0.6 is 23.2 Å². The Morgan fingerprint density at radius 3 is 2.44 bits per heavy atom. The van der Waals surface area contributed by atoms with Crippen LogP contribution in [0.3, 0.4) is 0 Å². The molecule has 0 aromatic heterocycles. The summed E-state index contributed by atoms with van der Waals surface area (Å²) in [5, 5.41) is 4.90. The van der Waals surface area contributed by atoms with E-state index in [2.05, 4.69) is 25.2 Å². The van der Waals surface area contributed by atoms with Crippen molar-refractivity contribution in [3.8, 4) is 0 Å². The van der Waals surface area contributed by atoms with E-state index >= 15 is 0 Å². The highest BCUT2D eigenvalue weighted by Gasteiger charge is 2.38. The molecule has 1 N–H and O–H groups in total. The van der Waals surface area contributed by atoms with Gasteiger partial charge in [-0.1, -0.05) is 49.5 Å². The standard InChI is InChI=1S/C15H21Cl2N/c1-11(2)9-18-10-15(6-3-7-15)12-4-5-13(16)14(17)8-12/h4-5,8,11,18H,3,6-7,9-10H2,1-2H3. The van der Waals surface area contributed by atoms with E-state index < -0.39 is 0 Å². The summed E-state index contributed by atoms with van der Waals surface area (Å²) in [5.41, 5.74) is 1.61. The molecule has 1 aromatic carbocycles. The van der Waals surface area contributed by atoms with Crippen LogP contribution in [0.1, 0.15) is 38.7 Å². The highest BCUT2D eigenvalue weighted by atomic mass is 35.5. The molecule has 1 aliphatic carbocycles. The van der Waals surface area contributed by atoms with Crippen LogP contribution in [0, 0.1) is 5.92 Å². The first-order valence-corrected chi connectivity index (χ1v) is 7.45. The average Bonchev–Trinajstić information content (AvgIpc) is 2.26. The van der Waals surface area contributed by atoms with Gasteiger partial charge in [0, 0.05) is 12.0 Å². The fraction of sp³-hybridized carbons (Fsp3) is 0.600. The number of hydrogen-bond donors (Lipinski definition) is 1. The largest absolute Gasteiger partial charge is 0.316 e. The average molecular weight is 286 g/mol. The molecule has 1 aromatic rings. The van der Waals surface area contributed by atoms with Gasteiger partial charge in [0.1, 0.15) is 0 Å². The second kappa shape index (κ2) is 5.81. The number of nitrogens with one attached hydrogen (secondary N) is 1. The zero-order valence-corrected chi connectivity index (χ0v) is 12.6. The Morgan fingerprint density at radius 1 is 1.22 bits per heavy atom. The normalized spacial score (nSPS) is 17.8. The lowest BCUT2D eigenvalue weighted by molar-refractivity contribution is 0.231. The zero-order valence-electron chi connectivity index (χ0n) is 11.1. The lowest BCUT2D eigenvalue weighted by Crippen LogP contribution is -2.44. The highest BCUT2D eigenvalue weighted by Crippen LogP contribution is 2.44. The summed E-state index contributed by atoms with van der Waals surface area (Å²) in [6.07, 6.45) is 3.80. The predicted octanol–water partition coefficient (Wildman–Crippen LogP) is 4.66. The molecule has 0 spiro atoms. The van der Waals surface area contributed by atoms with Crippen molar-refractivity contribution in [2.75, 3.05) is 13.1 Å². The lowest BCUT2D eigenvalue weighted by Gasteiger charge is -2.43. The fourth-order valence-corrected chi connectivity index (χ4v) is 2.90. The van der Waals surface area contributed by atoms with Gasteiger partial charge in [-0.15, -0.1) is 0 Å². The Balaban J connectivity index is 2.09. The van der Waals surface area contributed by atoms with Crippen molar-refractivity contribution >= 4 is 23.2 Å². The van der Waals surface area contributed by atoms with Crippen LogP contribution in [0.5, 0.6) is 0 Å². The molecule has 0 atom stereocenters. The predicted molar refractivity (Wildman–Crippen MR) is 79.7 cm³/mol. The SMILES string of the molecule is CC(C)CNCC1(c2ccc(Cl)c(Cl)c2)CCC1. The highest BCUT2D eigenvalue weighted by molar-refractivity contribution is 6.42. The van der Waals surface area contributed by atoms with Crippen molar-refractivity contribution in [1.29, 1.82) is 0 Å². The van der Waals surface area contributed by atoms with Crippen LogP contribution in [-0.2, 0) is 5.41 Å². The van der Waals surface area contributed by atoms with E-state index in [0.717, 1.165) is 13.1 Å². The van der Waals surface area contributed by atoms with Crippen molar-refractivity contribution in [3.63, 3.8) is 0 Å². The van der Waals surface area contributed by atoms with Gasteiger partial charge in [0.2, 0.25) is 0 Å². The molecule has 2 rings (SSSR count). The molecule has 0 aliphatic heterocycles. The van der Waals surface area contributed by atoms with E-state index in [-0.39, 0.29) is 5.41 Å². The Labute approximate surface area is 120 Å². The van der Waals surface area contributed by atoms with Crippen LogP contribution in [-0.4, -0.2) is 13.1 Å². The second-order valence-corrected chi connectivity index (χ2v) is 6.60. The van der Waals surface area contributed by atoms with Crippen molar-refractivity contribution < 1.29 is 0 Å². The minimum atomic E-state index is 0.281.